The molecular weight excluding hydrogens is 609 g/mol. The normalized spacial score (nSPS) is 36.5. The van der Waals surface area contributed by atoms with Gasteiger partial charge in [-0.15, -0.1) is 6.58 Å². The van der Waals surface area contributed by atoms with Gasteiger partial charge in [-0.25, -0.2) is 0 Å². The number of carbonyl (C=O) groups excluding carboxylic acids is 3. The van der Waals surface area contributed by atoms with E-state index in [1.54, 1.807) is 17.9 Å². The maximum atomic E-state index is 16.1. The topological polar surface area (TPSA) is 189 Å². The summed E-state index contributed by atoms with van der Waals surface area (Å²) in [6.45, 7) is 8.95. The number of anilines is 2. The fourth-order valence-electron chi connectivity index (χ4n) is 7.57. The number of halogens is 1. The van der Waals surface area contributed by atoms with Crippen molar-refractivity contribution < 1.29 is 53.5 Å². The number of benzene rings is 1. The van der Waals surface area contributed by atoms with Gasteiger partial charge in [0.05, 0.1) is 30.9 Å². The predicted octanol–water partition coefficient (Wildman–Crippen LogP) is 0.106. The Kier molecular flexibility index (Phi) is 9.29. The van der Waals surface area contributed by atoms with Crippen molar-refractivity contribution in [2.75, 3.05) is 29.9 Å². The van der Waals surface area contributed by atoms with Crippen LogP contribution in [0.1, 0.15) is 31.7 Å². The van der Waals surface area contributed by atoms with E-state index in [2.05, 4.69) is 11.9 Å². The van der Waals surface area contributed by atoms with Crippen LogP contribution in [0.3, 0.4) is 0 Å². The summed E-state index contributed by atoms with van der Waals surface area (Å²) < 4.78 is 27.8. The molecule has 1 aromatic rings. The molecule has 0 unspecified atom stereocenters. The molecule has 1 aromatic carbocycles. The molecule has 4 aliphatic rings. The molecule has 15 heteroatoms. The Bertz CT molecular complexity index is 1350. The van der Waals surface area contributed by atoms with E-state index in [1.165, 1.54) is 36.2 Å². The Hall–Kier alpha value is -2.76. The highest BCUT2D eigenvalue weighted by molar-refractivity contribution is 6.72. The van der Waals surface area contributed by atoms with Crippen LogP contribution in [-0.2, 0) is 29.5 Å². The predicted molar refractivity (Wildman–Crippen MR) is 161 cm³/mol. The Morgan fingerprint density at radius 1 is 1.20 bits per heavy atom. The van der Waals surface area contributed by atoms with E-state index in [9.17, 15) is 39.9 Å². The second-order valence-corrected chi connectivity index (χ2v) is 16.7. The summed E-state index contributed by atoms with van der Waals surface area (Å²) >= 11 is 0. The maximum absolute atomic E-state index is 16.1. The number of aliphatic hydroxyl groups is 5. The smallest absolute Gasteiger partial charge is 0.264 e. The molecule has 248 valence electrons. The number of ether oxygens (including phenoxy) is 2. The molecule has 0 saturated carbocycles. The molecule has 5 rings (SSSR count). The summed E-state index contributed by atoms with van der Waals surface area (Å²) in [4.78, 5) is 43.9. The third kappa shape index (κ3) is 5.63. The molecule has 1 spiro atoms. The van der Waals surface area contributed by atoms with Crippen molar-refractivity contribution in [3.63, 3.8) is 0 Å². The molecule has 13 nitrogen and oxygen atoms in total. The van der Waals surface area contributed by atoms with Crippen LogP contribution in [0.25, 0.3) is 0 Å². The average molecular weight is 652 g/mol. The van der Waals surface area contributed by atoms with Crippen LogP contribution in [0, 0.1) is 5.92 Å². The van der Waals surface area contributed by atoms with E-state index in [0.717, 1.165) is 6.42 Å². The molecule has 4 heterocycles. The van der Waals surface area contributed by atoms with E-state index in [4.69, 9.17) is 9.47 Å². The maximum Gasteiger partial charge on any atom is 0.264 e. The lowest BCUT2D eigenvalue weighted by Crippen LogP contribution is -2.60. The zero-order valence-corrected chi connectivity index (χ0v) is 26.5. The quantitative estimate of drug-likeness (QED) is 0.128. The van der Waals surface area contributed by atoms with Crippen LogP contribution in [-0.4, -0.2) is 119 Å². The van der Waals surface area contributed by atoms with Gasteiger partial charge in [0, 0.05) is 35.8 Å². The second-order valence-electron chi connectivity index (χ2n) is 12.9. The Morgan fingerprint density at radius 2 is 1.91 bits per heavy atom. The van der Waals surface area contributed by atoms with Gasteiger partial charge in [-0.1, -0.05) is 13.0 Å². The first-order valence-corrected chi connectivity index (χ1v) is 18.2. The van der Waals surface area contributed by atoms with E-state index in [1.807, 2.05) is 0 Å². The van der Waals surface area contributed by atoms with Crippen LogP contribution < -0.4 is 10.2 Å². The summed E-state index contributed by atoms with van der Waals surface area (Å²) in [5.41, 5.74) is -1.48. The van der Waals surface area contributed by atoms with E-state index < -0.39 is 74.1 Å². The van der Waals surface area contributed by atoms with Gasteiger partial charge in [0.25, 0.3) is 11.8 Å². The number of nitrogens with one attached hydrogen (secondary N) is 1. The SMILES string of the molecule is C=CCN1C(=O)[C@@]2(O[C@@H](CC(=O)N3CCC[C@H]3CO)[C@H]([Si](C)(C)F)[C@H]2C)c2cc(NC(=O)[C@H]3O[C@@H](O)[C@H](O)[C@@H](O)[C@@H]3O)ccc21. The largest absolute Gasteiger partial charge is 0.394 e. The van der Waals surface area contributed by atoms with Crippen molar-refractivity contribution in [1.29, 1.82) is 0 Å². The molecule has 6 N–H and O–H groups in total. The molecule has 0 aromatic heterocycles. The zero-order chi connectivity index (χ0) is 33.0. The minimum atomic E-state index is -3.57. The van der Waals surface area contributed by atoms with E-state index >= 15 is 4.11 Å². The average Bonchev–Trinajstić information content (AvgIpc) is 3.64. The lowest BCUT2D eigenvalue weighted by Gasteiger charge is -2.37. The molecular formula is C30H42FN3O10Si. The van der Waals surface area contributed by atoms with Gasteiger partial charge in [-0.05, 0) is 44.1 Å². The van der Waals surface area contributed by atoms with Gasteiger partial charge < -0.3 is 54.2 Å². The van der Waals surface area contributed by atoms with E-state index in [0.29, 0.717) is 24.2 Å². The summed E-state index contributed by atoms with van der Waals surface area (Å²) in [5, 5.41) is 52.3. The monoisotopic (exact) mass is 651 g/mol. The summed E-state index contributed by atoms with van der Waals surface area (Å²) in [7, 11) is -3.57. The van der Waals surface area contributed by atoms with Gasteiger partial charge in [0.15, 0.2) is 18.0 Å². The molecule has 4 aliphatic heterocycles. The number of nitrogens with zero attached hydrogens (tertiary/aromatic N) is 2. The Morgan fingerprint density at radius 3 is 2.56 bits per heavy atom. The fourth-order valence-corrected chi connectivity index (χ4v) is 10.1. The van der Waals surface area contributed by atoms with Crippen LogP contribution in [0.15, 0.2) is 30.9 Å². The van der Waals surface area contributed by atoms with Gasteiger partial charge in [-0.2, -0.15) is 0 Å². The molecule has 45 heavy (non-hydrogen) atoms. The van der Waals surface area contributed by atoms with Crippen molar-refractivity contribution in [2.24, 2.45) is 5.92 Å². The molecule has 3 amide bonds. The zero-order valence-electron chi connectivity index (χ0n) is 25.5. The molecule has 0 bridgehead atoms. The van der Waals surface area contributed by atoms with Crippen LogP contribution in [0.2, 0.25) is 18.6 Å². The van der Waals surface area contributed by atoms with Crippen LogP contribution >= 0.6 is 0 Å². The highest BCUT2D eigenvalue weighted by atomic mass is 28.4. The fraction of sp³-hybridized carbons (Fsp3) is 0.633. The lowest BCUT2D eigenvalue weighted by molar-refractivity contribution is -0.274. The molecule has 0 aliphatic carbocycles. The van der Waals surface area contributed by atoms with Gasteiger partial charge in [0.2, 0.25) is 14.3 Å². The molecule has 3 fully saturated rings. The lowest BCUT2D eigenvalue weighted by atomic mass is 9.82. The Labute approximate surface area is 261 Å². The highest BCUT2D eigenvalue weighted by Gasteiger charge is 2.67. The summed E-state index contributed by atoms with van der Waals surface area (Å²) in [6.07, 6.45) is -7.30. The second kappa shape index (κ2) is 12.4. The highest BCUT2D eigenvalue weighted by Crippen LogP contribution is 2.60. The van der Waals surface area contributed by atoms with Crippen LogP contribution in [0.5, 0.6) is 0 Å². The minimum Gasteiger partial charge on any atom is -0.394 e. The third-order valence-electron chi connectivity index (χ3n) is 9.67. The number of fused-ring (bicyclic) bond motifs is 2. The number of likely N-dealkylation sites (tertiary alicyclic amines) is 1. The standard InChI is InChI=1S/C30H42FN3O10Si/c1-5-10-34-19-9-8-16(32-27(40)25-23(38)22(37)24(39)28(41)43-25)12-18(19)30(29(34)42)15(2)26(45(3,4)31)20(44-30)13-21(36)33-11-6-7-17(33)14-35/h5,8-9,12,15,17,20,22-26,28,35,37-39,41H,1,6-7,10-11,13-14H2,2-4H3,(H,32,40)/t15-,17+,20+,22+,23+,24-,25+,26-,28-,30+/m1/s1. The number of amides is 3. The number of hydrogen-bond acceptors (Lipinski definition) is 10. The van der Waals surface area contributed by atoms with Crippen molar-refractivity contribution in [3.8, 4) is 0 Å². The number of rotatable bonds is 8. The van der Waals surface area contributed by atoms with Crippen molar-refractivity contribution in [3.05, 3.63) is 36.4 Å². The summed E-state index contributed by atoms with van der Waals surface area (Å²) in [6, 6.07) is 4.28. The summed E-state index contributed by atoms with van der Waals surface area (Å²) in [5.74, 6) is -2.38. The minimum absolute atomic E-state index is 0.117. The third-order valence-corrected chi connectivity index (χ3v) is 12.1. The molecule has 10 atom stereocenters. The number of aliphatic hydroxyl groups excluding tert-OH is 5. The van der Waals surface area contributed by atoms with E-state index in [-0.39, 0.29) is 37.2 Å². The number of carbonyl (C=O) groups is 3. The van der Waals surface area contributed by atoms with Crippen LogP contribution in [0.4, 0.5) is 15.5 Å². The Balaban J connectivity index is 1.50. The molecule has 3 saturated heterocycles. The van der Waals surface area contributed by atoms with Gasteiger partial charge in [-0.3, -0.25) is 14.4 Å². The van der Waals surface area contributed by atoms with Crippen molar-refractivity contribution >= 4 is 37.5 Å². The molecule has 0 radical (unpaired) electrons. The number of hydrogen-bond donors (Lipinski definition) is 6. The first-order valence-electron chi connectivity index (χ1n) is 15.2. The first kappa shape index (κ1) is 33.6. The van der Waals surface area contributed by atoms with Gasteiger partial charge in [0.1, 0.15) is 18.3 Å². The van der Waals surface area contributed by atoms with Crippen molar-refractivity contribution in [2.45, 2.75) is 93.3 Å². The van der Waals surface area contributed by atoms with Gasteiger partial charge >= 0.3 is 0 Å². The van der Waals surface area contributed by atoms with Crippen molar-refractivity contribution in [1.82, 2.24) is 4.90 Å². The first-order chi connectivity index (χ1) is 21.2.